The van der Waals surface area contributed by atoms with Crippen LogP contribution < -0.4 is 10.1 Å². The number of amides is 1. The van der Waals surface area contributed by atoms with Crippen molar-refractivity contribution in [1.29, 1.82) is 0 Å². The Morgan fingerprint density at radius 3 is 2.45 bits per heavy atom. The second kappa shape index (κ2) is 8.95. The van der Waals surface area contributed by atoms with E-state index in [4.69, 9.17) is 9.47 Å². The summed E-state index contributed by atoms with van der Waals surface area (Å²) >= 11 is 0. The lowest BCUT2D eigenvalue weighted by molar-refractivity contribution is 0.0600. The molecule has 1 amide bonds. The Morgan fingerprint density at radius 2 is 1.71 bits per heavy atom. The van der Waals surface area contributed by atoms with Gasteiger partial charge in [-0.1, -0.05) is 49.6 Å². The maximum atomic E-state index is 12.8. The highest BCUT2D eigenvalue weighted by Gasteiger charge is 2.41. The normalized spacial score (nSPS) is 15.1. The fourth-order valence-electron chi connectivity index (χ4n) is 3.96. The molecular formula is C22H23N5O4. The van der Waals surface area contributed by atoms with E-state index in [9.17, 15) is 9.59 Å². The molecule has 9 heteroatoms. The van der Waals surface area contributed by atoms with Crippen LogP contribution in [-0.4, -0.2) is 39.4 Å². The molecule has 0 unspecified atom stereocenters. The topological polar surface area (TPSA) is 108 Å². The molecule has 31 heavy (non-hydrogen) atoms. The summed E-state index contributed by atoms with van der Waals surface area (Å²) in [5.74, 6) is 0.404. The third-order valence-corrected chi connectivity index (χ3v) is 5.44. The van der Waals surface area contributed by atoms with Crippen LogP contribution in [0.1, 0.15) is 48.3 Å². The first kappa shape index (κ1) is 20.5. The quantitative estimate of drug-likeness (QED) is 0.629. The molecule has 1 fully saturated rings. The van der Waals surface area contributed by atoms with Crippen LogP contribution in [0.25, 0.3) is 5.69 Å². The summed E-state index contributed by atoms with van der Waals surface area (Å²) in [4.78, 5) is 25.0. The van der Waals surface area contributed by atoms with Crippen LogP contribution >= 0.6 is 0 Å². The Hall–Kier alpha value is -3.75. The van der Waals surface area contributed by atoms with Gasteiger partial charge in [0.15, 0.2) is 5.82 Å². The van der Waals surface area contributed by atoms with Gasteiger partial charge in [-0.05, 0) is 47.5 Å². The second-order valence-corrected chi connectivity index (χ2v) is 7.39. The largest absolute Gasteiger partial charge is 0.465 e. The fourth-order valence-corrected chi connectivity index (χ4v) is 3.96. The highest BCUT2D eigenvalue weighted by Crippen LogP contribution is 2.37. The van der Waals surface area contributed by atoms with E-state index in [-0.39, 0.29) is 0 Å². The average Bonchev–Trinajstić information content (AvgIpc) is 3.30. The molecular weight excluding hydrogens is 398 g/mol. The molecule has 0 atom stereocenters. The standard InChI is InChI=1S/C22H23N5O4/c1-30-19(28)17-12-6-7-13-18(17)27-20(24-25-26-27)22(14-8-3-9-15-22)23-21(29)31-16-10-4-2-5-11-16/h2,4-7,10-13H,3,8-9,14-15H2,1H3,(H,23,29). The molecule has 0 spiro atoms. The van der Waals surface area contributed by atoms with Crippen molar-refractivity contribution in [2.45, 2.75) is 37.6 Å². The molecule has 1 N–H and O–H groups in total. The van der Waals surface area contributed by atoms with E-state index in [1.807, 2.05) is 6.07 Å². The number of nitrogens with one attached hydrogen (secondary N) is 1. The number of benzene rings is 2. The first-order valence-electron chi connectivity index (χ1n) is 10.1. The first-order chi connectivity index (χ1) is 15.1. The molecule has 1 aliphatic rings. The zero-order chi connectivity index (χ0) is 21.7. The fraction of sp³-hybridized carbons (Fsp3) is 0.318. The lowest BCUT2D eigenvalue weighted by Gasteiger charge is -2.36. The van der Waals surface area contributed by atoms with E-state index in [0.29, 0.717) is 35.7 Å². The summed E-state index contributed by atoms with van der Waals surface area (Å²) in [6.07, 6.45) is 3.57. The SMILES string of the molecule is COC(=O)c1ccccc1-n1nnnc1C1(NC(=O)Oc2ccccc2)CCCCC1. The van der Waals surface area contributed by atoms with Gasteiger partial charge in [-0.2, -0.15) is 4.68 Å². The molecule has 1 heterocycles. The van der Waals surface area contributed by atoms with E-state index in [0.717, 1.165) is 19.3 Å². The predicted molar refractivity (Wildman–Crippen MR) is 111 cm³/mol. The molecule has 0 saturated heterocycles. The summed E-state index contributed by atoms with van der Waals surface area (Å²) in [5.41, 5.74) is -0.00878. The van der Waals surface area contributed by atoms with Gasteiger partial charge in [0.1, 0.15) is 11.3 Å². The number of methoxy groups -OCH3 is 1. The van der Waals surface area contributed by atoms with Crippen molar-refractivity contribution in [3.63, 3.8) is 0 Å². The number of hydrogen-bond donors (Lipinski definition) is 1. The molecule has 1 aromatic heterocycles. The molecule has 0 bridgehead atoms. The van der Waals surface area contributed by atoms with Crippen LogP contribution in [0, 0.1) is 0 Å². The molecule has 0 aliphatic heterocycles. The Bertz CT molecular complexity index is 1060. The highest BCUT2D eigenvalue weighted by atomic mass is 16.6. The number of tetrazole rings is 1. The van der Waals surface area contributed by atoms with E-state index < -0.39 is 17.6 Å². The number of ether oxygens (including phenoxy) is 2. The lowest BCUT2D eigenvalue weighted by Crippen LogP contribution is -2.50. The van der Waals surface area contributed by atoms with Gasteiger partial charge in [0.25, 0.3) is 0 Å². The van der Waals surface area contributed by atoms with Gasteiger partial charge < -0.3 is 14.8 Å². The maximum Gasteiger partial charge on any atom is 0.413 e. The monoisotopic (exact) mass is 421 g/mol. The van der Waals surface area contributed by atoms with Crippen LogP contribution in [0.15, 0.2) is 54.6 Å². The third kappa shape index (κ3) is 4.25. The molecule has 160 valence electrons. The number of rotatable bonds is 5. The molecule has 9 nitrogen and oxygen atoms in total. The van der Waals surface area contributed by atoms with Gasteiger partial charge >= 0.3 is 12.1 Å². The number of esters is 1. The van der Waals surface area contributed by atoms with E-state index in [2.05, 4.69) is 20.8 Å². The number of para-hydroxylation sites is 2. The number of aromatic nitrogens is 4. The van der Waals surface area contributed by atoms with Crippen LogP contribution in [-0.2, 0) is 10.3 Å². The molecule has 0 radical (unpaired) electrons. The van der Waals surface area contributed by atoms with Gasteiger partial charge in [-0.15, -0.1) is 5.10 Å². The Morgan fingerprint density at radius 1 is 1.00 bits per heavy atom. The number of carbonyl (C=O) groups is 2. The van der Waals surface area contributed by atoms with Crippen LogP contribution in [0.5, 0.6) is 5.75 Å². The zero-order valence-corrected chi connectivity index (χ0v) is 17.2. The third-order valence-electron chi connectivity index (χ3n) is 5.44. The Kier molecular flexibility index (Phi) is 5.92. The van der Waals surface area contributed by atoms with Gasteiger partial charge in [-0.3, -0.25) is 0 Å². The lowest BCUT2D eigenvalue weighted by atomic mass is 9.81. The summed E-state index contributed by atoms with van der Waals surface area (Å²) in [5, 5.41) is 15.3. The molecule has 4 rings (SSSR count). The molecule has 1 saturated carbocycles. The highest BCUT2D eigenvalue weighted by molar-refractivity contribution is 5.93. The van der Waals surface area contributed by atoms with Crippen LogP contribution in [0.4, 0.5) is 4.79 Å². The van der Waals surface area contributed by atoms with Crippen molar-refractivity contribution in [2.75, 3.05) is 7.11 Å². The minimum atomic E-state index is -0.823. The van der Waals surface area contributed by atoms with E-state index in [1.165, 1.54) is 11.8 Å². The Balaban J connectivity index is 1.70. The minimum absolute atomic E-state index is 0.330. The van der Waals surface area contributed by atoms with Crippen molar-refractivity contribution in [3.8, 4) is 11.4 Å². The Labute approximate surface area is 179 Å². The number of carbonyl (C=O) groups excluding carboxylic acids is 2. The van der Waals surface area contributed by atoms with Crippen molar-refractivity contribution >= 4 is 12.1 Å². The summed E-state index contributed by atoms with van der Waals surface area (Å²) in [7, 11) is 1.32. The minimum Gasteiger partial charge on any atom is -0.465 e. The van der Waals surface area contributed by atoms with Gasteiger partial charge in [0, 0.05) is 0 Å². The van der Waals surface area contributed by atoms with Gasteiger partial charge in [0.05, 0.1) is 18.4 Å². The molecule has 1 aliphatic carbocycles. The zero-order valence-electron chi connectivity index (χ0n) is 17.2. The molecule has 3 aromatic rings. The summed E-state index contributed by atoms with van der Waals surface area (Å²) < 4.78 is 11.9. The average molecular weight is 421 g/mol. The molecule has 2 aromatic carbocycles. The summed E-state index contributed by atoms with van der Waals surface area (Å²) in [6, 6.07) is 15.8. The maximum absolute atomic E-state index is 12.8. The van der Waals surface area contributed by atoms with Gasteiger partial charge in [0.2, 0.25) is 0 Å². The van der Waals surface area contributed by atoms with Crippen molar-refractivity contribution in [2.24, 2.45) is 0 Å². The van der Waals surface area contributed by atoms with Crippen molar-refractivity contribution < 1.29 is 19.1 Å². The number of hydrogen-bond acceptors (Lipinski definition) is 7. The van der Waals surface area contributed by atoms with Gasteiger partial charge in [-0.25, -0.2) is 9.59 Å². The second-order valence-electron chi connectivity index (χ2n) is 7.39. The summed E-state index contributed by atoms with van der Waals surface area (Å²) in [6.45, 7) is 0. The van der Waals surface area contributed by atoms with Crippen molar-refractivity contribution in [3.05, 3.63) is 66.0 Å². The number of nitrogens with zero attached hydrogens (tertiary/aromatic N) is 4. The van der Waals surface area contributed by atoms with Crippen LogP contribution in [0.3, 0.4) is 0 Å². The van der Waals surface area contributed by atoms with Crippen LogP contribution in [0.2, 0.25) is 0 Å². The van der Waals surface area contributed by atoms with E-state index >= 15 is 0 Å². The van der Waals surface area contributed by atoms with E-state index in [1.54, 1.807) is 48.5 Å². The predicted octanol–water partition coefficient (Wildman–Crippen LogP) is 3.40. The smallest absolute Gasteiger partial charge is 0.413 e. The first-order valence-corrected chi connectivity index (χ1v) is 10.1. The van der Waals surface area contributed by atoms with Crippen molar-refractivity contribution in [1.82, 2.24) is 25.5 Å².